The van der Waals surface area contributed by atoms with Crippen LogP contribution >= 0.6 is 11.6 Å². The number of hydrogen-bond donors (Lipinski definition) is 1. The molecule has 1 aromatic carbocycles. The summed E-state index contributed by atoms with van der Waals surface area (Å²) in [5, 5.41) is 3.07. The Labute approximate surface area is 189 Å². The Morgan fingerprint density at radius 3 is 2.41 bits per heavy atom. The topological polar surface area (TPSA) is 57.7 Å². The summed E-state index contributed by atoms with van der Waals surface area (Å²) in [4.78, 5) is 20.9. The molecule has 0 saturated carbocycles. The molecule has 2 aliphatic rings. The smallest absolute Gasteiger partial charge is 0.378 e. The molecule has 1 aromatic heterocycles. The minimum Gasteiger partial charge on any atom is -0.378 e. The molecule has 2 aromatic rings. The van der Waals surface area contributed by atoms with Crippen molar-refractivity contribution in [2.75, 3.05) is 54.5 Å². The maximum atomic E-state index is 13.7. The first-order chi connectivity index (χ1) is 15.3. The number of pyridine rings is 1. The molecule has 1 N–H and O–H groups in total. The predicted molar refractivity (Wildman–Crippen MR) is 117 cm³/mol. The van der Waals surface area contributed by atoms with Crippen molar-refractivity contribution < 1.29 is 22.7 Å². The zero-order chi connectivity index (χ0) is 22.7. The zero-order valence-electron chi connectivity index (χ0n) is 17.4. The molecule has 2 saturated heterocycles. The van der Waals surface area contributed by atoms with E-state index in [-0.39, 0.29) is 11.6 Å². The molecule has 2 aliphatic heterocycles. The largest absolute Gasteiger partial charge is 0.418 e. The molecule has 3 heterocycles. The van der Waals surface area contributed by atoms with E-state index in [1.807, 2.05) is 15.9 Å². The molecule has 172 valence electrons. The molecular formula is C22H24ClF3N4O2. The lowest BCUT2D eigenvalue weighted by molar-refractivity contribution is -0.137. The van der Waals surface area contributed by atoms with Crippen molar-refractivity contribution in [3.63, 3.8) is 0 Å². The first kappa shape index (κ1) is 22.7. The van der Waals surface area contributed by atoms with Crippen LogP contribution in [-0.2, 0) is 15.7 Å². The van der Waals surface area contributed by atoms with Crippen molar-refractivity contribution in [2.24, 2.45) is 5.92 Å². The maximum absolute atomic E-state index is 13.7. The summed E-state index contributed by atoms with van der Waals surface area (Å²) in [5.41, 5.74) is -0.568. The summed E-state index contributed by atoms with van der Waals surface area (Å²) < 4.78 is 46.5. The number of amides is 1. The van der Waals surface area contributed by atoms with Crippen LogP contribution in [0.15, 0.2) is 36.5 Å². The number of carbonyl (C=O) groups excluding carboxylic acids is 1. The molecule has 0 spiro atoms. The van der Waals surface area contributed by atoms with E-state index in [1.54, 1.807) is 18.3 Å². The van der Waals surface area contributed by atoms with E-state index < -0.39 is 17.6 Å². The third-order valence-corrected chi connectivity index (χ3v) is 6.07. The second-order valence-corrected chi connectivity index (χ2v) is 8.35. The van der Waals surface area contributed by atoms with Gasteiger partial charge < -0.3 is 19.9 Å². The average molecular weight is 469 g/mol. The van der Waals surface area contributed by atoms with Crippen LogP contribution in [0.25, 0.3) is 0 Å². The SMILES string of the molecule is O=C(Nc1ccc(N2CCOCC2)cc1C(F)(F)F)C1CCN(c2ccc(Cl)cn2)CC1. The Bertz CT molecular complexity index is 941. The molecule has 0 unspecified atom stereocenters. The number of anilines is 3. The van der Waals surface area contributed by atoms with Crippen LogP contribution in [-0.4, -0.2) is 50.3 Å². The number of morpholine rings is 1. The van der Waals surface area contributed by atoms with E-state index in [0.717, 1.165) is 11.9 Å². The van der Waals surface area contributed by atoms with Crippen LogP contribution in [0, 0.1) is 5.92 Å². The van der Waals surface area contributed by atoms with Gasteiger partial charge in [0.25, 0.3) is 0 Å². The lowest BCUT2D eigenvalue weighted by Gasteiger charge is -2.32. The normalized spacial score (nSPS) is 18.0. The lowest BCUT2D eigenvalue weighted by atomic mass is 9.95. The van der Waals surface area contributed by atoms with Gasteiger partial charge in [-0.1, -0.05) is 11.6 Å². The van der Waals surface area contributed by atoms with Crippen LogP contribution in [0.4, 0.5) is 30.4 Å². The van der Waals surface area contributed by atoms with Crippen LogP contribution in [0.2, 0.25) is 5.02 Å². The van der Waals surface area contributed by atoms with Crippen LogP contribution in [0.3, 0.4) is 0 Å². The van der Waals surface area contributed by atoms with E-state index in [0.29, 0.717) is 62.9 Å². The second-order valence-electron chi connectivity index (χ2n) is 7.91. The Hall–Kier alpha value is -2.52. The molecule has 6 nitrogen and oxygen atoms in total. The fourth-order valence-corrected chi connectivity index (χ4v) is 4.17. The number of alkyl halides is 3. The molecule has 0 bridgehead atoms. The molecule has 32 heavy (non-hydrogen) atoms. The van der Waals surface area contributed by atoms with Crippen molar-refractivity contribution in [3.8, 4) is 0 Å². The summed E-state index contributed by atoms with van der Waals surface area (Å²) >= 11 is 5.87. The third-order valence-electron chi connectivity index (χ3n) is 5.84. The van der Waals surface area contributed by atoms with Crippen LogP contribution < -0.4 is 15.1 Å². The van der Waals surface area contributed by atoms with Gasteiger partial charge in [-0.3, -0.25) is 4.79 Å². The van der Waals surface area contributed by atoms with Gasteiger partial charge in [0.05, 0.1) is 29.5 Å². The molecular weight excluding hydrogens is 445 g/mol. The standard InChI is InChI=1S/C22H24ClF3N4O2/c23-16-1-4-20(27-14-16)30-7-5-15(6-8-30)21(31)28-19-3-2-17(13-18(19)22(24,25)26)29-9-11-32-12-10-29/h1-4,13-15H,5-12H2,(H,28,31). The molecule has 0 atom stereocenters. The highest BCUT2D eigenvalue weighted by molar-refractivity contribution is 6.30. The average Bonchev–Trinajstić information content (AvgIpc) is 2.80. The minimum absolute atomic E-state index is 0.207. The van der Waals surface area contributed by atoms with Crippen molar-refractivity contribution >= 4 is 34.7 Å². The lowest BCUT2D eigenvalue weighted by Crippen LogP contribution is -2.38. The summed E-state index contributed by atoms with van der Waals surface area (Å²) in [6.45, 7) is 3.20. The predicted octanol–water partition coefficient (Wildman–Crippen LogP) is 4.45. The Kier molecular flexibility index (Phi) is 6.76. The van der Waals surface area contributed by atoms with Gasteiger partial charge in [0, 0.05) is 44.0 Å². The number of nitrogens with zero attached hydrogens (tertiary/aromatic N) is 3. The minimum atomic E-state index is -4.57. The van der Waals surface area contributed by atoms with Gasteiger partial charge in [-0.2, -0.15) is 13.2 Å². The zero-order valence-corrected chi connectivity index (χ0v) is 18.1. The highest BCUT2D eigenvalue weighted by Crippen LogP contribution is 2.38. The second kappa shape index (κ2) is 9.54. The molecule has 4 rings (SSSR count). The van der Waals surface area contributed by atoms with Gasteiger partial charge in [0.2, 0.25) is 5.91 Å². The first-order valence-electron chi connectivity index (χ1n) is 10.5. The molecule has 0 radical (unpaired) electrons. The Morgan fingerprint density at radius 2 is 1.78 bits per heavy atom. The fraction of sp³-hybridized carbons (Fsp3) is 0.455. The number of halogens is 4. The molecule has 0 aliphatic carbocycles. The highest BCUT2D eigenvalue weighted by atomic mass is 35.5. The number of aromatic nitrogens is 1. The van der Waals surface area contributed by atoms with Crippen LogP contribution in [0.5, 0.6) is 0 Å². The monoisotopic (exact) mass is 468 g/mol. The van der Waals surface area contributed by atoms with Gasteiger partial charge in [0.1, 0.15) is 5.82 Å². The summed E-state index contributed by atoms with van der Waals surface area (Å²) in [6.07, 6.45) is -1.95. The number of rotatable bonds is 4. The number of piperidine rings is 1. The third kappa shape index (κ3) is 5.27. The quantitative estimate of drug-likeness (QED) is 0.718. The van der Waals surface area contributed by atoms with Gasteiger partial charge in [-0.25, -0.2) is 4.98 Å². The highest BCUT2D eigenvalue weighted by Gasteiger charge is 2.35. The number of nitrogens with one attached hydrogen (secondary N) is 1. The van der Waals surface area contributed by atoms with Crippen molar-refractivity contribution in [1.82, 2.24) is 4.98 Å². The maximum Gasteiger partial charge on any atom is 0.418 e. The van der Waals surface area contributed by atoms with Gasteiger partial charge in [-0.05, 0) is 43.2 Å². The Balaban J connectivity index is 1.43. The first-order valence-corrected chi connectivity index (χ1v) is 10.9. The summed E-state index contributed by atoms with van der Waals surface area (Å²) in [6, 6.07) is 7.63. The van der Waals surface area contributed by atoms with E-state index >= 15 is 0 Å². The number of benzene rings is 1. The van der Waals surface area contributed by atoms with E-state index in [2.05, 4.69) is 10.3 Å². The number of carbonyl (C=O) groups is 1. The molecule has 10 heteroatoms. The summed E-state index contributed by atoms with van der Waals surface area (Å²) in [7, 11) is 0. The molecule has 1 amide bonds. The Morgan fingerprint density at radius 1 is 1.06 bits per heavy atom. The van der Waals surface area contributed by atoms with E-state index in [4.69, 9.17) is 16.3 Å². The van der Waals surface area contributed by atoms with Crippen molar-refractivity contribution in [3.05, 3.63) is 47.1 Å². The van der Waals surface area contributed by atoms with Crippen molar-refractivity contribution in [1.29, 1.82) is 0 Å². The number of ether oxygens (including phenoxy) is 1. The van der Waals surface area contributed by atoms with Crippen LogP contribution in [0.1, 0.15) is 18.4 Å². The fourth-order valence-electron chi connectivity index (χ4n) is 4.05. The van der Waals surface area contributed by atoms with Crippen molar-refractivity contribution in [2.45, 2.75) is 19.0 Å². The van der Waals surface area contributed by atoms with Gasteiger partial charge in [0.15, 0.2) is 0 Å². The van der Waals surface area contributed by atoms with Gasteiger partial charge >= 0.3 is 6.18 Å². The molecule has 2 fully saturated rings. The van der Waals surface area contributed by atoms with Gasteiger partial charge in [-0.15, -0.1) is 0 Å². The summed E-state index contributed by atoms with van der Waals surface area (Å²) in [5.74, 6) is 0.0169. The number of hydrogen-bond acceptors (Lipinski definition) is 5. The van der Waals surface area contributed by atoms with E-state index in [9.17, 15) is 18.0 Å². The van der Waals surface area contributed by atoms with E-state index in [1.165, 1.54) is 6.07 Å².